The summed E-state index contributed by atoms with van der Waals surface area (Å²) < 4.78 is 16.9. The second kappa shape index (κ2) is 64.9. The molecule has 0 N–H and O–H groups in total. The van der Waals surface area contributed by atoms with Crippen LogP contribution in [0.1, 0.15) is 316 Å². The van der Waals surface area contributed by atoms with Crippen LogP contribution in [-0.2, 0) is 28.6 Å². The summed E-state index contributed by atoms with van der Waals surface area (Å²) in [6.07, 6.45) is 87.1. The van der Waals surface area contributed by atoms with Crippen molar-refractivity contribution in [1.82, 2.24) is 0 Å². The zero-order chi connectivity index (χ0) is 55.7. The quantitative estimate of drug-likeness (QED) is 0.0261. The van der Waals surface area contributed by atoms with E-state index in [4.69, 9.17) is 14.2 Å². The number of allylic oxidation sites excluding steroid dienone is 16. The van der Waals surface area contributed by atoms with E-state index in [0.717, 1.165) is 103 Å². The van der Waals surface area contributed by atoms with Crippen LogP contribution in [0.4, 0.5) is 0 Å². The van der Waals surface area contributed by atoms with Crippen LogP contribution < -0.4 is 0 Å². The first-order valence-electron chi connectivity index (χ1n) is 32.7. The molecule has 442 valence electrons. The molecule has 0 fully saturated rings. The maximum absolute atomic E-state index is 12.9. The summed E-state index contributed by atoms with van der Waals surface area (Å²) in [5.41, 5.74) is 0. The van der Waals surface area contributed by atoms with Crippen LogP contribution in [0.2, 0.25) is 0 Å². The minimum atomic E-state index is -0.778. The third-order valence-corrected chi connectivity index (χ3v) is 14.1. The van der Waals surface area contributed by atoms with Gasteiger partial charge in [0.05, 0.1) is 0 Å². The van der Waals surface area contributed by atoms with Gasteiger partial charge >= 0.3 is 17.9 Å². The predicted octanol–water partition coefficient (Wildman–Crippen LogP) is 22.4. The summed E-state index contributed by atoms with van der Waals surface area (Å²) in [6.45, 7) is 6.50. The van der Waals surface area contributed by atoms with Crippen molar-refractivity contribution in [1.29, 1.82) is 0 Å². The molecule has 0 bridgehead atoms. The fraction of sp³-hybridized carbons (Fsp3) is 0.732. The van der Waals surface area contributed by atoms with Gasteiger partial charge in [-0.05, 0) is 103 Å². The highest BCUT2D eigenvalue weighted by Crippen LogP contribution is 2.16. The maximum Gasteiger partial charge on any atom is 0.306 e. The third-order valence-electron chi connectivity index (χ3n) is 14.1. The highest BCUT2D eigenvalue weighted by atomic mass is 16.6. The van der Waals surface area contributed by atoms with Gasteiger partial charge in [0.1, 0.15) is 13.2 Å². The first-order valence-corrected chi connectivity index (χ1v) is 32.7. The van der Waals surface area contributed by atoms with Crippen molar-refractivity contribution in [3.63, 3.8) is 0 Å². The zero-order valence-corrected chi connectivity index (χ0v) is 50.7. The van der Waals surface area contributed by atoms with E-state index in [1.807, 2.05) is 0 Å². The molecule has 0 aliphatic heterocycles. The summed E-state index contributed by atoms with van der Waals surface area (Å²) >= 11 is 0. The van der Waals surface area contributed by atoms with Crippen molar-refractivity contribution in [3.05, 3.63) is 97.2 Å². The Balaban J connectivity index is 4.17. The summed E-state index contributed by atoms with van der Waals surface area (Å²) in [6, 6.07) is 0. The Morgan fingerprint density at radius 2 is 0.506 bits per heavy atom. The van der Waals surface area contributed by atoms with Gasteiger partial charge in [-0.2, -0.15) is 0 Å². The molecule has 0 aromatic carbocycles. The monoisotopic (exact) mass is 1070 g/mol. The zero-order valence-electron chi connectivity index (χ0n) is 50.7. The average Bonchev–Trinajstić information content (AvgIpc) is 3.43. The molecule has 77 heavy (non-hydrogen) atoms. The molecule has 0 rings (SSSR count). The summed E-state index contributed by atoms with van der Waals surface area (Å²) in [5, 5.41) is 0. The lowest BCUT2D eigenvalue weighted by Crippen LogP contribution is -2.30. The molecule has 0 heterocycles. The van der Waals surface area contributed by atoms with Crippen LogP contribution in [0.25, 0.3) is 0 Å². The van der Waals surface area contributed by atoms with Crippen molar-refractivity contribution >= 4 is 17.9 Å². The minimum absolute atomic E-state index is 0.0762. The van der Waals surface area contributed by atoms with Gasteiger partial charge in [-0.15, -0.1) is 0 Å². The van der Waals surface area contributed by atoms with Crippen LogP contribution in [0, 0.1) is 0 Å². The van der Waals surface area contributed by atoms with Crippen molar-refractivity contribution in [2.24, 2.45) is 0 Å². The van der Waals surface area contributed by atoms with Gasteiger partial charge in [-0.3, -0.25) is 14.4 Å². The summed E-state index contributed by atoms with van der Waals surface area (Å²) in [4.78, 5) is 38.2. The van der Waals surface area contributed by atoms with E-state index >= 15 is 0 Å². The minimum Gasteiger partial charge on any atom is -0.462 e. The van der Waals surface area contributed by atoms with E-state index in [9.17, 15) is 14.4 Å². The summed E-state index contributed by atoms with van der Waals surface area (Å²) in [7, 11) is 0. The lowest BCUT2D eigenvalue weighted by Gasteiger charge is -2.18. The molecule has 0 aliphatic carbocycles. The molecule has 0 saturated carbocycles. The summed E-state index contributed by atoms with van der Waals surface area (Å²) in [5.74, 6) is -0.875. The normalized spacial score (nSPS) is 12.7. The van der Waals surface area contributed by atoms with Gasteiger partial charge in [0.25, 0.3) is 0 Å². The molecular weight excluding hydrogens is 949 g/mol. The molecular formula is C71H122O6. The van der Waals surface area contributed by atoms with Crippen molar-refractivity contribution in [2.45, 2.75) is 322 Å². The number of rotatable bonds is 59. The molecule has 1 unspecified atom stereocenters. The van der Waals surface area contributed by atoms with Crippen molar-refractivity contribution in [2.75, 3.05) is 13.2 Å². The molecule has 0 aliphatic rings. The third kappa shape index (κ3) is 63.0. The topological polar surface area (TPSA) is 78.9 Å². The second-order valence-electron chi connectivity index (χ2n) is 21.6. The van der Waals surface area contributed by atoms with Crippen LogP contribution in [0.3, 0.4) is 0 Å². The van der Waals surface area contributed by atoms with Gasteiger partial charge in [0, 0.05) is 19.3 Å². The largest absolute Gasteiger partial charge is 0.462 e. The van der Waals surface area contributed by atoms with Gasteiger partial charge in [0.15, 0.2) is 6.10 Å². The van der Waals surface area contributed by atoms with Crippen molar-refractivity contribution < 1.29 is 28.6 Å². The van der Waals surface area contributed by atoms with E-state index in [1.165, 1.54) is 173 Å². The van der Waals surface area contributed by atoms with Crippen LogP contribution in [0.5, 0.6) is 0 Å². The van der Waals surface area contributed by atoms with Crippen LogP contribution >= 0.6 is 0 Å². The number of hydrogen-bond acceptors (Lipinski definition) is 6. The number of carbonyl (C=O) groups excluding carboxylic acids is 3. The highest BCUT2D eigenvalue weighted by molar-refractivity contribution is 5.71. The Hall–Kier alpha value is -3.67. The van der Waals surface area contributed by atoms with Gasteiger partial charge in [0.2, 0.25) is 0 Å². The fourth-order valence-electron chi connectivity index (χ4n) is 9.18. The number of hydrogen-bond donors (Lipinski definition) is 0. The Labute approximate surface area is 477 Å². The fourth-order valence-corrected chi connectivity index (χ4v) is 9.18. The Kier molecular flexibility index (Phi) is 61.8. The molecule has 0 aromatic rings. The standard InChI is InChI=1S/C71H122O6/c1-4-7-10-13-16-19-21-23-25-27-29-30-31-32-33-34-35-36-37-38-39-40-42-43-45-47-49-52-55-58-61-64-70(73)76-67-68(66-75-69(72)63-60-57-54-51-18-15-12-9-6-3)77-71(74)65-62-59-56-53-50-48-46-44-41-28-26-24-22-20-17-14-11-8-5-2/h7,10,16-17,19-20,23-26,29-30,32-33,35-36,68H,4-6,8-9,11-15,18,21-22,27-28,31,34,37-67H2,1-3H3/b10-7-,19-16-,20-17-,25-23-,26-24-,30-29-,33-32-,36-35-. The van der Waals surface area contributed by atoms with Crippen molar-refractivity contribution in [3.8, 4) is 0 Å². The molecule has 6 heteroatoms. The average molecular weight is 1070 g/mol. The lowest BCUT2D eigenvalue weighted by atomic mass is 10.0. The first kappa shape index (κ1) is 73.3. The molecule has 0 aromatic heterocycles. The maximum atomic E-state index is 12.9. The molecule has 0 saturated heterocycles. The number of carbonyl (C=O) groups is 3. The lowest BCUT2D eigenvalue weighted by molar-refractivity contribution is -0.167. The van der Waals surface area contributed by atoms with E-state index in [-0.39, 0.29) is 31.1 Å². The van der Waals surface area contributed by atoms with Gasteiger partial charge in [-0.1, -0.05) is 291 Å². The Morgan fingerprint density at radius 3 is 0.818 bits per heavy atom. The molecule has 0 amide bonds. The second-order valence-corrected chi connectivity index (χ2v) is 21.6. The molecule has 0 spiro atoms. The highest BCUT2D eigenvalue weighted by Gasteiger charge is 2.19. The van der Waals surface area contributed by atoms with Crippen LogP contribution in [0.15, 0.2) is 97.2 Å². The molecule has 6 nitrogen and oxygen atoms in total. The number of ether oxygens (including phenoxy) is 3. The number of esters is 3. The molecule has 0 radical (unpaired) electrons. The van der Waals surface area contributed by atoms with Gasteiger partial charge < -0.3 is 14.2 Å². The van der Waals surface area contributed by atoms with Gasteiger partial charge in [-0.25, -0.2) is 0 Å². The SMILES string of the molecule is CC/C=C\C/C=C\C/C=C\C/C=C\C/C=C\C/C=C\CCCCCCCCCCCCCCC(=O)OCC(COC(=O)CCCCCCCCCCC)OC(=O)CCCCCCCCCCC/C=C\C/C=C\CCCCC. The van der Waals surface area contributed by atoms with E-state index in [0.29, 0.717) is 19.3 Å². The predicted molar refractivity (Wildman–Crippen MR) is 334 cm³/mol. The van der Waals surface area contributed by atoms with E-state index in [1.54, 1.807) is 0 Å². The van der Waals surface area contributed by atoms with E-state index in [2.05, 4.69) is 118 Å². The first-order chi connectivity index (χ1) is 38.0. The molecule has 1 atom stereocenters. The Bertz CT molecular complexity index is 1510. The number of unbranched alkanes of at least 4 members (excludes halogenated alkanes) is 32. The van der Waals surface area contributed by atoms with Crippen LogP contribution in [-0.4, -0.2) is 37.2 Å². The van der Waals surface area contributed by atoms with E-state index < -0.39 is 6.10 Å². The Morgan fingerprint density at radius 1 is 0.273 bits per heavy atom. The smallest absolute Gasteiger partial charge is 0.306 e.